The van der Waals surface area contributed by atoms with Gasteiger partial charge in [0.1, 0.15) is 24.6 Å². The lowest BCUT2D eigenvalue weighted by Crippen LogP contribution is -2.07. The van der Waals surface area contributed by atoms with Crippen LogP contribution >= 0.6 is 0 Å². The third-order valence-corrected chi connectivity index (χ3v) is 6.24. The van der Waals surface area contributed by atoms with Gasteiger partial charge in [-0.2, -0.15) is 0 Å². The zero-order valence-corrected chi connectivity index (χ0v) is 21.4. The molecule has 2 N–H and O–H groups in total. The van der Waals surface area contributed by atoms with Gasteiger partial charge >= 0.3 is 17.9 Å². The van der Waals surface area contributed by atoms with Crippen molar-refractivity contribution in [3.63, 3.8) is 0 Å². The van der Waals surface area contributed by atoms with Crippen LogP contribution in [0.1, 0.15) is 61.0 Å². The Bertz CT molecular complexity index is 1390. The number of hydrogen-bond acceptors (Lipinski definition) is 6. The summed E-state index contributed by atoms with van der Waals surface area (Å²) in [6.45, 7) is 2.15. The number of methoxy groups -OCH3 is 1. The van der Waals surface area contributed by atoms with Gasteiger partial charge in [0, 0.05) is 24.2 Å². The molecule has 2 aromatic carbocycles. The lowest BCUT2D eigenvalue weighted by Gasteiger charge is -2.06. The lowest BCUT2D eigenvalue weighted by atomic mass is 10.0. The predicted molar refractivity (Wildman–Crippen MR) is 141 cm³/mol. The monoisotopic (exact) mass is 514 g/mol. The van der Waals surface area contributed by atoms with E-state index in [1.165, 1.54) is 7.11 Å². The summed E-state index contributed by atoms with van der Waals surface area (Å²) < 4.78 is 15.7. The number of rotatable bonds is 11. The minimum atomic E-state index is -0.478. The number of esters is 3. The van der Waals surface area contributed by atoms with Crippen LogP contribution in [-0.2, 0) is 45.1 Å². The first kappa shape index (κ1) is 26.5. The van der Waals surface area contributed by atoms with Crippen LogP contribution in [-0.4, -0.2) is 35.0 Å². The predicted octanol–water partition coefficient (Wildman–Crippen LogP) is 5.06. The highest BCUT2D eigenvalue weighted by molar-refractivity contribution is 5.90. The molecule has 0 bridgehead atoms. The minimum absolute atomic E-state index is 0.149. The fraction of sp³-hybridized carbons (Fsp3) is 0.233. The number of carbonyl (C=O) groups is 3. The number of H-pyrrole nitrogens is 2. The number of benzene rings is 2. The minimum Gasteiger partial charge on any atom is -0.469 e. The first-order valence-corrected chi connectivity index (χ1v) is 12.3. The number of carbonyl (C=O) groups excluding carboxylic acids is 3. The van der Waals surface area contributed by atoms with Gasteiger partial charge in [0.15, 0.2) is 0 Å². The Balaban J connectivity index is 1.48. The SMILES string of the molecule is COC(=O)CCc1c(Cc2ccc(C(=O)OCc3ccccc3)[nH]2)[nH]c(C(=O)OCc2ccccc2)c1C. The third kappa shape index (κ3) is 6.79. The molecule has 0 unspecified atom stereocenters. The van der Waals surface area contributed by atoms with E-state index >= 15 is 0 Å². The summed E-state index contributed by atoms with van der Waals surface area (Å²) in [5, 5.41) is 0. The van der Waals surface area contributed by atoms with Gasteiger partial charge in [0.05, 0.1) is 7.11 Å². The Hall–Kier alpha value is -4.59. The summed E-state index contributed by atoms with van der Waals surface area (Å²) in [5.74, 6) is -1.28. The van der Waals surface area contributed by atoms with E-state index in [1.54, 1.807) is 12.1 Å². The molecule has 0 saturated heterocycles. The van der Waals surface area contributed by atoms with Crippen molar-refractivity contribution in [1.29, 1.82) is 0 Å². The molecule has 4 rings (SSSR count). The Morgan fingerprint density at radius 1 is 0.763 bits per heavy atom. The Kier molecular flexibility index (Phi) is 8.77. The van der Waals surface area contributed by atoms with Crippen molar-refractivity contribution in [2.24, 2.45) is 0 Å². The second-order valence-corrected chi connectivity index (χ2v) is 8.86. The molecule has 4 aromatic rings. The van der Waals surface area contributed by atoms with Gasteiger partial charge in [-0.05, 0) is 47.7 Å². The summed E-state index contributed by atoms with van der Waals surface area (Å²) in [6, 6.07) is 22.4. The van der Waals surface area contributed by atoms with Crippen LogP contribution in [0.2, 0.25) is 0 Å². The van der Waals surface area contributed by atoms with Gasteiger partial charge in [-0.3, -0.25) is 4.79 Å². The average Bonchev–Trinajstić information content (AvgIpc) is 3.54. The van der Waals surface area contributed by atoms with Gasteiger partial charge in [0.2, 0.25) is 0 Å². The van der Waals surface area contributed by atoms with Crippen molar-refractivity contribution >= 4 is 17.9 Å². The van der Waals surface area contributed by atoms with Crippen LogP contribution in [0.4, 0.5) is 0 Å². The standard InChI is InChI=1S/C30H30N2O6/c1-20-24(14-16-27(33)36-2)26(32-28(20)30(35)38-19-22-11-7-4-8-12-22)17-23-13-15-25(31-23)29(34)37-18-21-9-5-3-6-10-21/h3-13,15,31-32H,14,16-19H2,1-2H3. The molecule has 0 atom stereocenters. The van der Waals surface area contributed by atoms with E-state index in [4.69, 9.17) is 14.2 Å². The fourth-order valence-electron chi connectivity index (χ4n) is 4.17. The highest BCUT2D eigenvalue weighted by atomic mass is 16.5. The molecule has 0 fully saturated rings. The second-order valence-electron chi connectivity index (χ2n) is 8.86. The topological polar surface area (TPSA) is 110 Å². The zero-order chi connectivity index (χ0) is 26.9. The average molecular weight is 515 g/mol. The molecule has 0 radical (unpaired) electrons. The van der Waals surface area contributed by atoms with Crippen molar-refractivity contribution in [3.8, 4) is 0 Å². The Labute approximate surface area is 220 Å². The summed E-state index contributed by atoms with van der Waals surface area (Å²) in [7, 11) is 1.34. The van der Waals surface area contributed by atoms with Gasteiger partial charge in [-0.25, -0.2) is 9.59 Å². The van der Waals surface area contributed by atoms with Crippen LogP contribution < -0.4 is 0 Å². The van der Waals surface area contributed by atoms with E-state index in [0.717, 1.165) is 33.6 Å². The largest absolute Gasteiger partial charge is 0.469 e. The van der Waals surface area contributed by atoms with Gasteiger partial charge in [-0.15, -0.1) is 0 Å². The molecule has 8 heteroatoms. The number of hydrogen-bond donors (Lipinski definition) is 2. The number of aromatic amines is 2. The summed E-state index contributed by atoms with van der Waals surface area (Å²) in [5.41, 5.74) is 5.51. The zero-order valence-electron chi connectivity index (χ0n) is 21.4. The third-order valence-electron chi connectivity index (χ3n) is 6.24. The summed E-state index contributed by atoms with van der Waals surface area (Å²) in [4.78, 5) is 43.6. The van der Waals surface area contributed by atoms with E-state index < -0.39 is 11.9 Å². The molecule has 0 amide bonds. The van der Waals surface area contributed by atoms with E-state index in [-0.39, 0.29) is 25.6 Å². The molecular weight excluding hydrogens is 484 g/mol. The Morgan fingerprint density at radius 2 is 1.37 bits per heavy atom. The number of nitrogens with one attached hydrogen (secondary N) is 2. The molecule has 0 saturated carbocycles. The van der Waals surface area contributed by atoms with Crippen molar-refractivity contribution in [2.75, 3.05) is 7.11 Å². The van der Waals surface area contributed by atoms with Gasteiger partial charge < -0.3 is 24.2 Å². The molecule has 0 spiro atoms. The van der Waals surface area contributed by atoms with E-state index in [0.29, 0.717) is 24.2 Å². The second kappa shape index (κ2) is 12.6. The summed E-state index contributed by atoms with van der Waals surface area (Å²) in [6.07, 6.45) is 0.945. The quantitative estimate of drug-likeness (QED) is 0.214. The van der Waals surface area contributed by atoms with E-state index in [1.807, 2.05) is 67.6 Å². The molecule has 0 aliphatic rings. The molecule has 2 heterocycles. The van der Waals surface area contributed by atoms with Crippen LogP contribution in [0.25, 0.3) is 0 Å². The molecule has 196 valence electrons. The van der Waals surface area contributed by atoms with Crippen molar-refractivity contribution < 1.29 is 28.6 Å². The van der Waals surface area contributed by atoms with Crippen LogP contribution in [0.5, 0.6) is 0 Å². The van der Waals surface area contributed by atoms with E-state index in [2.05, 4.69) is 9.97 Å². The van der Waals surface area contributed by atoms with Gasteiger partial charge in [0.25, 0.3) is 0 Å². The smallest absolute Gasteiger partial charge is 0.355 e. The van der Waals surface area contributed by atoms with E-state index in [9.17, 15) is 14.4 Å². The van der Waals surface area contributed by atoms with Crippen molar-refractivity contribution in [2.45, 2.75) is 39.4 Å². The highest BCUT2D eigenvalue weighted by Crippen LogP contribution is 2.24. The number of ether oxygens (including phenoxy) is 3. The maximum Gasteiger partial charge on any atom is 0.355 e. The lowest BCUT2D eigenvalue weighted by molar-refractivity contribution is -0.140. The Morgan fingerprint density at radius 3 is 1.97 bits per heavy atom. The number of aromatic nitrogens is 2. The van der Waals surface area contributed by atoms with Crippen LogP contribution in [0.3, 0.4) is 0 Å². The molecule has 2 aromatic heterocycles. The first-order valence-electron chi connectivity index (χ1n) is 12.3. The molecule has 8 nitrogen and oxygen atoms in total. The van der Waals surface area contributed by atoms with Gasteiger partial charge in [-0.1, -0.05) is 60.7 Å². The van der Waals surface area contributed by atoms with Crippen LogP contribution in [0, 0.1) is 6.92 Å². The maximum atomic E-state index is 12.9. The maximum absolute atomic E-state index is 12.9. The molecule has 0 aliphatic carbocycles. The summed E-state index contributed by atoms with van der Waals surface area (Å²) >= 11 is 0. The highest BCUT2D eigenvalue weighted by Gasteiger charge is 2.22. The molecule has 0 aliphatic heterocycles. The molecule has 38 heavy (non-hydrogen) atoms. The molecular formula is C30H30N2O6. The fourth-order valence-corrected chi connectivity index (χ4v) is 4.17. The van der Waals surface area contributed by atoms with Crippen molar-refractivity contribution in [3.05, 3.63) is 118 Å². The normalized spacial score (nSPS) is 10.7. The van der Waals surface area contributed by atoms with Crippen LogP contribution in [0.15, 0.2) is 72.8 Å². The first-order chi connectivity index (χ1) is 18.4. The van der Waals surface area contributed by atoms with Crippen molar-refractivity contribution in [1.82, 2.24) is 9.97 Å².